The predicted octanol–water partition coefficient (Wildman–Crippen LogP) is -3.76. The summed E-state index contributed by atoms with van der Waals surface area (Å²) in [5, 5.41) is 40.7. The van der Waals surface area contributed by atoms with Gasteiger partial charge in [-0.1, -0.05) is 110 Å². The maximum Gasteiger partial charge on any atom is 1.00 e. The number of hydrogen-bond donors (Lipinski definition) is 2. The number of aliphatic hydroxyl groups excluding tert-OH is 1. The van der Waals surface area contributed by atoms with Gasteiger partial charge in [-0.05, 0) is 6.42 Å². The van der Waals surface area contributed by atoms with Crippen molar-refractivity contribution in [3.8, 4) is 0 Å². The van der Waals surface area contributed by atoms with E-state index < -0.39 is 23.6 Å². The van der Waals surface area contributed by atoms with Crippen LogP contribution >= 0.6 is 0 Å². The normalized spacial score (nSPS) is 13.6. The Bertz CT molecular complexity index is 422. The van der Waals surface area contributed by atoms with Gasteiger partial charge < -0.3 is 30.0 Å². The van der Waals surface area contributed by atoms with Crippen molar-refractivity contribution >= 4 is 11.9 Å². The molecule has 0 aliphatic rings. The van der Waals surface area contributed by atoms with Gasteiger partial charge in [0.25, 0.3) is 0 Å². The van der Waals surface area contributed by atoms with E-state index >= 15 is 0 Å². The van der Waals surface area contributed by atoms with Crippen LogP contribution in [-0.4, -0.2) is 33.9 Å². The summed E-state index contributed by atoms with van der Waals surface area (Å²) >= 11 is 0. The van der Waals surface area contributed by atoms with Crippen molar-refractivity contribution in [3.63, 3.8) is 0 Å². The van der Waals surface area contributed by atoms with Crippen LogP contribution in [0.1, 0.15) is 116 Å². The molecule has 2 N–H and O–H groups in total. The van der Waals surface area contributed by atoms with Crippen LogP contribution < -0.4 is 69.3 Å². The van der Waals surface area contributed by atoms with E-state index in [4.69, 9.17) is 0 Å². The Morgan fingerprint density at radius 3 is 1.27 bits per heavy atom. The largest absolute Gasteiger partial charge is 1.00 e. The Hall–Kier alpha value is 0.860. The van der Waals surface area contributed by atoms with E-state index in [1.807, 2.05) is 0 Å². The fourth-order valence-corrected chi connectivity index (χ4v) is 3.49. The van der Waals surface area contributed by atoms with Gasteiger partial charge in [-0.3, -0.25) is 0 Å². The third-order valence-electron chi connectivity index (χ3n) is 5.44. The Morgan fingerprint density at radius 2 is 1.00 bits per heavy atom. The van der Waals surface area contributed by atoms with Gasteiger partial charge in [0.15, 0.2) is 0 Å². The third-order valence-corrected chi connectivity index (χ3v) is 5.44. The molecule has 6 nitrogen and oxygen atoms in total. The van der Waals surface area contributed by atoms with Gasteiger partial charge in [0.1, 0.15) is 11.7 Å². The third kappa shape index (κ3) is 17.4. The molecule has 30 heavy (non-hydrogen) atoms. The summed E-state index contributed by atoms with van der Waals surface area (Å²) in [5.74, 6) is -3.99. The van der Waals surface area contributed by atoms with Crippen LogP contribution in [-0.2, 0) is 9.59 Å². The fourth-order valence-electron chi connectivity index (χ4n) is 3.49. The van der Waals surface area contributed by atoms with Crippen molar-refractivity contribution in [1.29, 1.82) is 0 Å². The van der Waals surface area contributed by atoms with E-state index in [2.05, 4.69) is 6.92 Å². The van der Waals surface area contributed by atoms with Gasteiger partial charge in [0.2, 0.25) is 0 Å². The van der Waals surface area contributed by atoms with Crippen LogP contribution in [0.3, 0.4) is 0 Å². The number of carbonyl (C=O) groups excluding carboxylic acids is 2. The average Bonchev–Trinajstić information content (AvgIpc) is 2.66. The molecule has 0 aromatic heterocycles. The molecule has 166 valence electrons. The maximum atomic E-state index is 10.9. The first kappa shape index (κ1) is 35.4. The average molecular weight is 447 g/mol. The zero-order valence-corrected chi connectivity index (χ0v) is 23.6. The van der Waals surface area contributed by atoms with E-state index in [1.165, 1.54) is 70.6 Å². The number of rotatable bonds is 20. The zero-order chi connectivity index (χ0) is 21.3. The van der Waals surface area contributed by atoms with Crippen molar-refractivity contribution in [2.24, 2.45) is 0 Å². The molecular formula is C22H40Na2O6. The van der Waals surface area contributed by atoms with Crippen LogP contribution in [0.2, 0.25) is 0 Å². The first-order chi connectivity index (χ1) is 13.4. The quantitative estimate of drug-likeness (QED) is 0.146. The zero-order valence-electron chi connectivity index (χ0n) is 19.6. The van der Waals surface area contributed by atoms with Gasteiger partial charge in [-0.2, -0.15) is 0 Å². The second-order valence-corrected chi connectivity index (χ2v) is 7.99. The minimum atomic E-state index is -2.78. The van der Waals surface area contributed by atoms with Crippen molar-refractivity contribution in [1.82, 2.24) is 0 Å². The summed E-state index contributed by atoms with van der Waals surface area (Å²) in [6.07, 6.45) is 15.7. The van der Waals surface area contributed by atoms with Gasteiger partial charge >= 0.3 is 59.1 Å². The first-order valence-corrected chi connectivity index (χ1v) is 11.2. The molecule has 0 heterocycles. The summed E-state index contributed by atoms with van der Waals surface area (Å²) in [4.78, 5) is 21.6. The van der Waals surface area contributed by atoms with Crippen molar-refractivity contribution in [2.75, 3.05) is 0 Å². The molecule has 0 aromatic carbocycles. The Morgan fingerprint density at radius 1 is 0.700 bits per heavy atom. The molecule has 0 aliphatic heterocycles. The van der Waals surface area contributed by atoms with Crippen molar-refractivity contribution < 1.29 is 89.1 Å². The molecule has 0 radical (unpaired) electrons. The maximum absolute atomic E-state index is 10.9. The number of unbranched alkanes of at least 4 members (excludes halogenated alkanes) is 15. The Labute approximate surface area is 227 Å². The van der Waals surface area contributed by atoms with Crippen LogP contribution in [0.5, 0.6) is 0 Å². The van der Waals surface area contributed by atoms with Crippen LogP contribution in [0.25, 0.3) is 0 Å². The van der Waals surface area contributed by atoms with E-state index in [-0.39, 0.29) is 65.5 Å². The number of hydrogen-bond acceptors (Lipinski definition) is 6. The minimum Gasteiger partial charge on any atom is -0.547 e. The molecule has 0 aromatic rings. The van der Waals surface area contributed by atoms with Crippen molar-refractivity contribution in [2.45, 2.75) is 128 Å². The molecule has 2 atom stereocenters. The summed E-state index contributed by atoms with van der Waals surface area (Å²) in [6, 6.07) is 0. The summed E-state index contributed by atoms with van der Waals surface area (Å²) in [7, 11) is 0. The van der Waals surface area contributed by atoms with Gasteiger partial charge in [-0.25, -0.2) is 0 Å². The number of carboxylic acid groups (broad SMARTS) is 2. The van der Waals surface area contributed by atoms with E-state index in [0.29, 0.717) is 12.8 Å². The SMILES string of the molecule is CCCCCCCCCCCCCCCCCCC(O)(C(=O)[O-])C(O)C(=O)[O-].[Na+].[Na+]. The smallest absolute Gasteiger partial charge is 0.547 e. The number of aliphatic hydroxyl groups is 2. The summed E-state index contributed by atoms with van der Waals surface area (Å²) in [6.45, 7) is 2.24. The molecule has 0 saturated carbocycles. The Balaban J connectivity index is -0.00000364. The van der Waals surface area contributed by atoms with Crippen LogP contribution in [0, 0.1) is 0 Å². The van der Waals surface area contributed by atoms with Crippen LogP contribution in [0.15, 0.2) is 0 Å². The standard InChI is InChI=1S/C22H42O6.2Na/c1-2-3-4-5-6-7-8-9-10-11-12-13-14-15-16-17-18-22(28,21(26)27)19(23)20(24)25;;/h19,23,28H,2-18H2,1H3,(H,24,25)(H,26,27);;/q;2*+1/p-2. The van der Waals surface area contributed by atoms with Gasteiger partial charge in [0, 0.05) is 0 Å². The van der Waals surface area contributed by atoms with E-state index in [9.17, 15) is 30.0 Å². The summed E-state index contributed by atoms with van der Waals surface area (Å²) < 4.78 is 0. The second-order valence-electron chi connectivity index (χ2n) is 7.99. The predicted molar refractivity (Wildman–Crippen MR) is 105 cm³/mol. The summed E-state index contributed by atoms with van der Waals surface area (Å²) in [5.41, 5.74) is -2.78. The first-order valence-electron chi connectivity index (χ1n) is 11.2. The minimum absolute atomic E-state index is 0. The molecule has 0 fully saturated rings. The van der Waals surface area contributed by atoms with E-state index in [0.717, 1.165) is 19.3 Å². The Kier molecular flexibility index (Phi) is 27.2. The number of carboxylic acids is 2. The second kappa shape index (κ2) is 23.0. The molecule has 0 spiro atoms. The van der Waals surface area contributed by atoms with Gasteiger partial charge in [-0.15, -0.1) is 0 Å². The molecule has 0 rings (SSSR count). The molecule has 8 heteroatoms. The molecule has 0 bridgehead atoms. The fraction of sp³-hybridized carbons (Fsp3) is 0.909. The number of aliphatic carboxylic acids is 2. The van der Waals surface area contributed by atoms with Crippen LogP contribution in [0.4, 0.5) is 0 Å². The number of carbonyl (C=O) groups is 2. The molecular weight excluding hydrogens is 406 g/mol. The topological polar surface area (TPSA) is 121 Å². The van der Waals surface area contributed by atoms with Gasteiger partial charge in [0.05, 0.1) is 11.9 Å². The van der Waals surface area contributed by atoms with Crippen molar-refractivity contribution in [3.05, 3.63) is 0 Å². The molecule has 0 saturated heterocycles. The van der Waals surface area contributed by atoms with E-state index in [1.54, 1.807) is 0 Å². The monoisotopic (exact) mass is 446 g/mol. The molecule has 2 unspecified atom stereocenters. The molecule has 0 aliphatic carbocycles. The molecule has 0 amide bonds.